The summed E-state index contributed by atoms with van der Waals surface area (Å²) in [5.41, 5.74) is 2.10. The van der Waals surface area contributed by atoms with Crippen LogP contribution in [0, 0.1) is 12.8 Å². The van der Waals surface area contributed by atoms with Crippen LogP contribution in [0.25, 0.3) is 0 Å². The molecule has 4 rings (SSSR count). The number of piperidine rings is 1. The van der Waals surface area contributed by atoms with Crippen molar-refractivity contribution in [3.05, 3.63) is 53.4 Å². The second kappa shape index (κ2) is 10.6. The molecule has 0 aromatic carbocycles. The quantitative estimate of drug-likeness (QED) is 0.715. The predicted molar refractivity (Wildman–Crippen MR) is 119 cm³/mol. The molecule has 0 spiro atoms. The summed E-state index contributed by atoms with van der Waals surface area (Å²) in [5.74, 6) is 1.06. The molecule has 1 atom stereocenters. The zero-order valence-corrected chi connectivity index (χ0v) is 18.6. The van der Waals surface area contributed by atoms with Crippen LogP contribution < -0.4 is 5.32 Å². The van der Waals surface area contributed by atoms with Crippen molar-refractivity contribution in [2.24, 2.45) is 5.92 Å². The number of amides is 2. The van der Waals surface area contributed by atoms with Crippen LogP contribution in [0.5, 0.6) is 0 Å². The van der Waals surface area contributed by atoms with Gasteiger partial charge < -0.3 is 15.0 Å². The third-order valence-electron chi connectivity index (χ3n) is 6.26. The summed E-state index contributed by atoms with van der Waals surface area (Å²) in [4.78, 5) is 40.4. The van der Waals surface area contributed by atoms with Gasteiger partial charge in [0.2, 0.25) is 5.91 Å². The van der Waals surface area contributed by atoms with E-state index >= 15 is 0 Å². The van der Waals surface area contributed by atoms with Crippen LogP contribution in [0.2, 0.25) is 0 Å². The van der Waals surface area contributed by atoms with E-state index in [1.165, 1.54) is 0 Å². The van der Waals surface area contributed by atoms with Gasteiger partial charge >= 0.3 is 0 Å². The number of rotatable bonds is 7. The molecule has 170 valence electrons. The van der Waals surface area contributed by atoms with E-state index in [0.29, 0.717) is 36.7 Å². The largest absolute Gasteiger partial charge is 0.378 e. The summed E-state index contributed by atoms with van der Waals surface area (Å²) in [7, 11) is 0. The summed E-state index contributed by atoms with van der Waals surface area (Å²) in [6, 6.07) is 5.62. The highest BCUT2D eigenvalue weighted by atomic mass is 16.5. The highest BCUT2D eigenvalue weighted by Gasteiger charge is 2.27. The minimum Gasteiger partial charge on any atom is -0.378 e. The maximum atomic E-state index is 12.8. The molecule has 2 aromatic rings. The van der Waals surface area contributed by atoms with Crippen LogP contribution >= 0.6 is 0 Å². The van der Waals surface area contributed by atoms with Crippen molar-refractivity contribution in [1.82, 2.24) is 25.2 Å². The molecular formula is C24H31N5O3. The lowest BCUT2D eigenvalue weighted by molar-refractivity contribution is -0.134. The predicted octanol–water partition coefficient (Wildman–Crippen LogP) is 2.46. The first-order valence-corrected chi connectivity index (χ1v) is 11.5. The molecular weight excluding hydrogens is 406 g/mol. The molecule has 4 heterocycles. The highest BCUT2D eigenvalue weighted by Crippen LogP contribution is 2.24. The van der Waals surface area contributed by atoms with Gasteiger partial charge in [-0.1, -0.05) is 6.07 Å². The molecule has 1 unspecified atom stereocenters. The molecule has 1 N–H and O–H groups in total. The maximum absolute atomic E-state index is 12.8. The smallest absolute Gasteiger partial charge is 0.255 e. The van der Waals surface area contributed by atoms with Gasteiger partial charge in [-0.05, 0) is 57.1 Å². The summed E-state index contributed by atoms with van der Waals surface area (Å²) in [5, 5.41) is 2.92. The first kappa shape index (κ1) is 22.3. The van der Waals surface area contributed by atoms with E-state index < -0.39 is 0 Å². The molecule has 32 heavy (non-hydrogen) atoms. The number of aromatic nitrogens is 3. The Morgan fingerprint density at radius 3 is 2.75 bits per heavy atom. The Morgan fingerprint density at radius 2 is 2.03 bits per heavy atom. The third kappa shape index (κ3) is 5.88. The number of hydrogen-bond acceptors (Lipinski definition) is 6. The van der Waals surface area contributed by atoms with Gasteiger partial charge in [-0.3, -0.25) is 14.6 Å². The fraction of sp³-hybridized carbons (Fsp3) is 0.542. The number of pyridine rings is 1. The van der Waals surface area contributed by atoms with E-state index in [-0.39, 0.29) is 17.9 Å². The van der Waals surface area contributed by atoms with Crippen LogP contribution in [-0.2, 0) is 22.5 Å². The van der Waals surface area contributed by atoms with Gasteiger partial charge in [0.15, 0.2) is 0 Å². The first-order valence-electron chi connectivity index (χ1n) is 11.5. The topological polar surface area (TPSA) is 97.3 Å². The monoisotopic (exact) mass is 437 g/mol. The number of nitrogens with one attached hydrogen (secondary N) is 1. The molecule has 2 aliphatic heterocycles. The standard InChI is InChI=1S/C24H31N5O3/c1-17-26-16-21(24(31)27-15-19-5-2-3-9-25-19)22(28-17)13-18-7-10-29(11-8-18)23(30)14-20-6-4-12-32-20/h2-3,5,9,16,18,20H,4,6-8,10-15H2,1H3,(H,27,31). The fourth-order valence-electron chi connectivity index (χ4n) is 4.42. The Bertz CT molecular complexity index is 922. The summed E-state index contributed by atoms with van der Waals surface area (Å²) < 4.78 is 5.61. The zero-order chi connectivity index (χ0) is 22.3. The summed E-state index contributed by atoms with van der Waals surface area (Å²) in [6.45, 7) is 4.47. The van der Waals surface area contributed by atoms with Crippen LogP contribution in [0.4, 0.5) is 0 Å². The van der Waals surface area contributed by atoms with Crippen LogP contribution in [0.1, 0.15) is 59.7 Å². The second-order valence-electron chi connectivity index (χ2n) is 8.65. The van der Waals surface area contributed by atoms with Gasteiger partial charge in [-0.2, -0.15) is 0 Å². The van der Waals surface area contributed by atoms with Crippen molar-refractivity contribution in [2.45, 2.75) is 58.1 Å². The second-order valence-corrected chi connectivity index (χ2v) is 8.65. The molecule has 2 amide bonds. The lowest BCUT2D eigenvalue weighted by atomic mass is 9.90. The van der Waals surface area contributed by atoms with Crippen LogP contribution in [0.3, 0.4) is 0 Å². The van der Waals surface area contributed by atoms with Crippen molar-refractivity contribution in [2.75, 3.05) is 19.7 Å². The SMILES string of the molecule is Cc1ncc(C(=O)NCc2ccccn2)c(CC2CCN(C(=O)CC3CCCO3)CC2)n1. The van der Waals surface area contributed by atoms with Gasteiger partial charge in [0.25, 0.3) is 5.91 Å². The molecule has 0 radical (unpaired) electrons. The Balaban J connectivity index is 1.32. The molecule has 0 aliphatic carbocycles. The average Bonchev–Trinajstić information content (AvgIpc) is 3.32. The average molecular weight is 438 g/mol. The number of carbonyl (C=O) groups excluding carboxylic acids is 2. The van der Waals surface area contributed by atoms with E-state index in [1.54, 1.807) is 12.4 Å². The number of likely N-dealkylation sites (tertiary alicyclic amines) is 1. The molecule has 2 aromatic heterocycles. The van der Waals surface area contributed by atoms with Gasteiger partial charge in [0.05, 0.1) is 36.0 Å². The zero-order valence-electron chi connectivity index (χ0n) is 18.6. The van der Waals surface area contributed by atoms with E-state index in [1.807, 2.05) is 30.0 Å². The van der Waals surface area contributed by atoms with Crippen molar-refractivity contribution in [3.8, 4) is 0 Å². The van der Waals surface area contributed by atoms with Crippen LogP contribution in [-0.4, -0.2) is 57.5 Å². The Hall–Kier alpha value is -2.87. The fourth-order valence-corrected chi connectivity index (χ4v) is 4.42. The number of nitrogens with zero attached hydrogens (tertiary/aromatic N) is 4. The molecule has 0 saturated carbocycles. The van der Waals surface area contributed by atoms with Crippen molar-refractivity contribution in [3.63, 3.8) is 0 Å². The van der Waals surface area contributed by atoms with Crippen molar-refractivity contribution >= 4 is 11.8 Å². The van der Waals surface area contributed by atoms with Crippen molar-refractivity contribution in [1.29, 1.82) is 0 Å². The minimum atomic E-state index is -0.185. The molecule has 8 heteroatoms. The molecule has 0 bridgehead atoms. The summed E-state index contributed by atoms with van der Waals surface area (Å²) >= 11 is 0. The van der Waals surface area contributed by atoms with E-state index in [9.17, 15) is 9.59 Å². The molecule has 8 nitrogen and oxygen atoms in total. The van der Waals surface area contributed by atoms with E-state index in [2.05, 4.69) is 20.3 Å². The summed E-state index contributed by atoms with van der Waals surface area (Å²) in [6.07, 6.45) is 8.49. The lowest BCUT2D eigenvalue weighted by Crippen LogP contribution is -2.40. The Morgan fingerprint density at radius 1 is 1.19 bits per heavy atom. The Labute approximate surface area is 188 Å². The first-order chi connectivity index (χ1) is 15.6. The van der Waals surface area contributed by atoms with Crippen LogP contribution in [0.15, 0.2) is 30.6 Å². The number of aryl methyl sites for hydroxylation is 1. The minimum absolute atomic E-state index is 0.0939. The van der Waals surface area contributed by atoms with Gasteiger partial charge in [0, 0.05) is 32.1 Å². The highest BCUT2D eigenvalue weighted by molar-refractivity contribution is 5.94. The number of carbonyl (C=O) groups is 2. The third-order valence-corrected chi connectivity index (χ3v) is 6.26. The van der Waals surface area contributed by atoms with E-state index in [0.717, 1.165) is 56.8 Å². The molecule has 2 fully saturated rings. The van der Waals surface area contributed by atoms with Crippen molar-refractivity contribution < 1.29 is 14.3 Å². The van der Waals surface area contributed by atoms with E-state index in [4.69, 9.17) is 4.74 Å². The van der Waals surface area contributed by atoms with Gasteiger partial charge in [-0.25, -0.2) is 9.97 Å². The van der Waals surface area contributed by atoms with Gasteiger partial charge in [-0.15, -0.1) is 0 Å². The molecule has 2 saturated heterocycles. The number of ether oxygens (including phenoxy) is 1. The molecule has 2 aliphatic rings. The normalized spacial score (nSPS) is 19.2. The lowest BCUT2D eigenvalue weighted by Gasteiger charge is -2.32. The maximum Gasteiger partial charge on any atom is 0.255 e. The number of hydrogen-bond donors (Lipinski definition) is 1. The Kier molecular flexibility index (Phi) is 7.42. The van der Waals surface area contributed by atoms with Gasteiger partial charge in [0.1, 0.15) is 5.82 Å².